The summed E-state index contributed by atoms with van der Waals surface area (Å²) in [6, 6.07) is 21.9. The predicted molar refractivity (Wildman–Crippen MR) is 159 cm³/mol. The van der Waals surface area contributed by atoms with E-state index in [1.165, 1.54) is 5.56 Å². The fourth-order valence-electron chi connectivity index (χ4n) is 4.11. The van der Waals surface area contributed by atoms with Crippen LogP contribution in [-0.4, -0.2) is 35.4 Å². The molecule has 0 fully saturated rings. The molecule has 208 valence electrons. The van der Waals surface area contributed by atoms with Crippen LogP contribution in [0.1, 0.15) is 57.7 Å². The Morgan fingerprint density at radius 1 is 0.923 bits per heavy atom. The number of hydrogen-bond donors (Lipinski definition) is 1. The number of carbonyl (C=O) groups is 2. The summed E-state index contributed by atoms with van der Waals surface area (Å²) in [6.45, 7) is 10.4. The van der Waals surface area contributed by atoms with Gasteiger partial charge >= 0.3 is 0 Å². The van der Waals surface area contributed by atoms with E-state index in [1.54, 1.807) is 17.0 Å². The fourth-order valence-corrected chi connectivity index (χ4v) is 4.43. The van der Waals surface area contributed by atoms with Crippen molar-refractivity contribution in [2.24, 2.45) is 0 Å². The number of hydrogen-bond acceptors (Lipinski definition) is 3. The standard InChI is InChI=1S/C32H38Cl2N2O3/c1-6-22(2)35-31(38)29(19-23-10-8-7-9-11-23)36(20-24-12-17-27(33)28(34)18-24)30(37)21-39-26-15-13-25(14-16-26)32(3,4)5/h7-18,22,29H,6,19-21H2,1-5H3,(H,35,38)/t22-,29-/m0/s1. The van der Waals surface area contributed by atoms with Gasteiger partial charge in [-0.25, -0.2) is 0 Å². The number of carbonyl (C=O) groups excluding carboxylic acids is 2. The predicted octanol–water partition coefficient (Wildman–Crippen LogP) is 7.22. The van der Waals surface area contributed by atoms with Crippen molar-refractivity contribution in [2.75, 3.05) is 6.61 Å². The lowest BCUT2D eigenvalue weighted by molar-refractivity contribution is -0.143. The molecule has 3 aromatic rings. The maximum Gasteiger partial charge on any atom is 0.261 e. The van der Waals surface area contributed by atoms with E-state index in [0.717, 1.165) is 17.5 Å². The fraction of sp³-hybridized carbons (Fsp3) is 0.375. The van der Waals surface area contributed by atoms with Crippen molar-refractivity contribution in [3.8, 4) is 5.75 Å². The third-order valence-electron chi connectivity index (χ3n) is 6.69. The summed E-state index contributed by atoms with van der Waals surface area (Å²) in [5, 5.41) is 3.88. The zero-order valence-corrected chi connectivity index (χ0v) is 24.9. The van der Waals surface area contributed by atoms with Crippen molar-refractivity contribution in [1.29, 1.82) is 0 Å². The smallest absolute Gasteiger partial charge is 0.261 e. The number of rotatable bonds is 11. The molecular formula is C32H38Cl2N2O3. The Morgan fingerprint density at radius 3 is 2.18 bits per heavy atom. The monoisotopic (exact) mass is 568 g/mol. The average molecular weight is 570 g/mol. The van der Waals surface area contributed by atoms with Gasteiger partial charge in [0.05, 0.1) is 10.0 Å². The first-order valence-corrected chi connectivity index (χ1v) is 14.0. The van der Waals surface area contributed by atoms with E-state index in [2.05, 4.69) is 26.1 Å². The number of amides is 2. The Morgan fingerprint density at radius 2 is 1.59 bits per heavy atom. The maximum atomic E-state index is 13.8. The summed E-state index contributed by atoms with van der Waals surface area (Å²) in [4.78, 5) is 28.9. The van der Waals surface area contributed by atoms with Crippen LogP contribution < -0.4 is 10.1 Å². The third-order valence-corrected chi connectivity index (χ3v) is 7.43. The van der Waals surface area contributed by atoms with Crippen LogP contribution in [0.3, 0.4) is 0 Å². The molecule has 0 aliphatic heterocycles. The van der Waals surface area contributed by atoms with Crippen molar-refractivity contribution in [3.63, 3.8) is 0 Å². The molecule has 0 heterocycles. The summed E-state index contributed by atoms with van der Waals surface area (Å²) in [6.07, 6.45) is 1.13. The van der Waals surface area contributed by atoms with Gasteiger partial charge in [0.2, 0.25) is 5.91 Å². The van der Waals surface area contributed by atoms with Crippen LogP contribution in [-0.2, 0) is 28.0 Å². The van der Waals surface area contributed by atoms with Crippen LogP contribution in [0, 0.1) is 0 Å². The largest absolute Gasteiger partial charge is 0.484 e. The third kappa shape index (κ3) is 9.01. The van der Waals surface area contributed by atoms with E-state index in [1.807, 2.05) is 74.5 Å². The number of benzene rings is 3. The quantitative estimate of drug-likeness (QED) is 0.265. The van der Waals surface area contributed by atoms with Crippen LogP contribution in [0.15, 0.2) is 72.8 Å². The molecule has 1 N–H and O–H groups in total. The highest BCUT2D eigenvalue weighted by Crippen LogP contribution is 2.26. The number of halogens is 2. The molecule has 0 aromatic heterocycles. The van der Waals surface area contributed by atoms with Gasteiger partial charge in [-0.15, -0.1) is 0 Å². The molecule has 0 saturated heterocycles. The topological polar surface area (TPSA) is 58.6 Å². The second-order valence-corrected chi connectivity index (χ2v) is 11.7. The van der Waals surface area contributed by atoms with E-state index >= 15 is 0 Å². The van der Waals surface area contributed by atoms with Gasteiger partial charge in [-0.1, -0.05) is 99.4 Å². The number of nitrogens with zero attached hydrogens (tertiary/aromatic N) is 1. The molecule has 0 saturated carbocycles. The van der Waals surface area contributed by atoms with Gasteiger partial charge in [0.1, 0.15) is 11.8 Å². The van der Waals surface area contributed by atoms with Gasteiger partial charge in [-0.3, -0.25) is 9.59 Å². The lowest BCUT2D eigenvalue weighted by Gasteiger charge is -2.32. The molecule has 2 atom stereocenters. The zero-order chi connectivity index (χ0) is 28.6. The lowest BCUT2D eigenvalue weighted by atomic mass is 9.87. The van der Waals surface area contributed by atoms with Gasteiger partial charge in [0, 0.05) is 19.0 Å². The first-order chi connectivity index (χ1) is 18.5. The normalized spacial score (nSPS) is 12.9. The summed E-state index contributed by atoms with van der Waals surface area (Å²) < 4.78 is 5.91. The maximum absolute atomic E-state index is 13.8. The molecular weight excluding hydrogens is 531 g/mol. The molecule has 3 rings (SSSR count). The molecule has 0 bridgehead atoms. The summed E-state index contributed by atoms with van der Waals surface area (Å²) in [5.74, 6) is 0.0758. The van der Waals surface area contributed by atoms with Gasteiger partial charge in [0.15, 0.2) is 6.61 Å². The Hall–Kier alpha value is -3.02. The van der Waals surface area contributed by atoms with Gasteiger partial charge < -0.3 is 15.0 Å². The molecule has 3 aromatic carbocycles. The first kappa shape index (κ1) is 30.5. The van der Waals surface area contributed by atoms with E-state index < -0.39 is 6.04 Å². The Labute approximate surface area is 242 Å². The minimum Gasteiger partial charge on any atom is -0.484 e. The zero-order valence-electron chi connectivity index (χ0n) is 23.3. The van der Waals surface area contributed by atoms with Crippen molar-refractivity contribution < 1.29 is 14.3 Å². The van der Waals surface area contributed by atoms with Gasteiger partial charge in [-0.05, 0) is 59.7 Å². The van der Waals surface area contributed by atoms with E-state index in [4.69, 9.17) is 27.9 Å². The Bertz CT molecular complexity index is 1240. The molecule has 0 radical (unpaired) electrons. The second-order valence-electron chi connectivity index (χ2n) is 10.9. The van der Waals surface area contributed by atoms with Gasteiger partial charge in [-0.2, -0.15) is 0 Å². The molecule has 39 heavy (non-hydrogen) atoms. The minimum atomic E-state index is -0.754. The van der Waals surface area contributed by atoms with Crippen molar-refractivity contribution in [2.45, 2.75) is 71.5 Å². The highest BCUT2D eigenvalue weighted by atomic mass is 35.5. The van der Waals surface area contributed by atoms with Crippen LogP contribution in [0.4, 0.5) is 0 Å². The Kier molecular flexibility index (Phi) is 10.8. The summed E-state index contributed by atoms with van der Waals surface area (Å²) in [5.41, 5.74) is 2.90. The van der Waals surface area contributed by atoms with Crippen molar-refractivity contribution in [3.05, 3.63) is 99.5 Å². The van der Waals surface area contributed by atoms with E-state index in [0.29, 0.717) is 22.2 Å². The lowest BCUT2D eigenvalue weighted by Crippen LogP contribution is -2.53. The molecule has 0 aliphatic carbocycles. The second kappa shape index (κ2) is 13.9. The number of nitrogens with one attached hydrogen (secondary N) is 1. The molecule has 0 unspecified atom stereocenters. The van der Waals surface area contributed by atoms with E-state index in [-0.39, 0.29) is 36.4 Å². The first-order valence-electron chi connectivity index (χ1n) is 13.3. The van der Waals surface area contributed by atoms with Crippen molar-refractivity contribution in [1.82, 2.24) is 10.2 Å². The highest BCUT2D eigenvalue weighted by Gasteiger charge is 2.31. The summed E-state index contributed by atoms with van der Waals surface area (Å²) in [7, 11) is 0. The highest BCUT2D eigenvalue weighted by molar-refractivity contribution is 6.42. The summed E-state index contributed by atoms with van der Waals surface area (Å²) >= 11 is 12.4. The Balaban J connectivity index is 1.91. The molecule has 5 nitrogen and oxygen atoms in total. The van der Waals surface area contributed by atoms with Gasteiger partial charge in [0.25, 0.3) is 5.91 Å². The van der Waals surface area contributed by atoms with Crippen LogP contribution in [0.25, 0.3) is 0 Å². The average Bonchev–Trinajstić information content (AvgIpc) is 2.91. The molecule has 7 heteroatoms. The molecule has 2 amide bonds. The minimum absolute atomic E-state index is 0.0125. The number of ether oxygens (including phenoxy) is 1. The van der Waals surface area contributed by atoms with Crippen LogP contribution in [0.5, 0.6) is 5.75 Å². The van der Waals surface area contributed by atoms with Crippen LogP contribution >= 0.6 is 23.2 Å². The molecule has 0 spiro atoms. The van der Waals surface area contributed by atoms with Crippen molar-refractivity contribution >= 4 is 35.0 Å². The van der Waals surface area contributed by atoms with E-state index in [9.17, 15) is 9.59 Å². The van der Waals surface area contributed by atoms with Crippen LogP contribution in [0.2, 0.25) is 10.0 Å². The SMILES string of the molecule is CC[C@H](C)NC(=O)[C@H](Cc1ccccc1)N(Cc1ccc(Cl)c(Cl)c1)C(=O)COc1ccc(C(C)(C)C)cc1. The molecule has 0 aliphatic rings.